The lowest BCUT2D eigenvalue weighted by Crippen LogP contribution is -2.10. The molecule has 0 saturated heterocycles. The van der Waals surface area contributed by atoms with Crippen molar-refractivity contribution in [1.29, 1.82) is 0 Å². The molecule has 3 aromatic rings. The van der Waals surface area contributed by atoms with Crippen molar-refractivity contribution in [3.63, 3.8) is 0 Å². The third kappa shape index (κ3) is 2.52. The average molecular weight is 299 g/mol. The van der Waals surface area contributed by atoms with E-state index >= 15 is 0 Å². The van der Waals surface area contributed by atoms with Gasteiger partial charge in [-0.15, -0.1) is 0 Å². The summed E-state index contributed by atoms with van der Waals surface area (Å²) >= 11 is 0. The first-order valence-electron chi connectivity index (χ1n) is 7.65. The van der Waals surface area contributed by atoms with Gasteiger partial charge in [0.25, 0.3) is 0 Å². The Bertz CT molecular complexity index is 808. The molecule has 0 aliphatic heterocycles. The number of fused-ring (bicyclic) bond motifs is 3. The van der Waals surface area contributed by atoms with Crippen molar-refractivity contribution in [2.75, 3.05) is 6.61 Å². The zero-order chi connectivity index (χ0) is 15.7. The molecule has 1 aromatic carbocycles. The van der Waals surface area contributed by atoms with Gasteiger partial charge in [0.15, 0.2) is 0 Å². The van der Waals surface area contributed by atoms with E-state index in [2.05, 4.69) is 28.4 Å². The minimum atomic E-state index is 0.239. The Labute approximate surface area is 129 Å². The van der Waals surface area contributed by atoms with Gasteiger partial charge in [-0.1, -0.05) is 19.9 Å². The minimum absolute atomic E-state index is 0.239. The van der Waals surface area contributed by atoms with Crippen LogP contribution in [-0.4, -0.2) is 26.2 Å². The third-order valence-corrected chi connectivity index (χ3v) is 3.64. The molecule has 5 nitrogen and oxygen atoms in total. The molecule has 5 heteroatoms. The minimum Gasteiger partial charge on any atom is -0.507 e. The molecule has 2 aromatic heterocycles. The van der Waals surface area contributed by atoms with Crippen molar-refractivity contribution in [2.24, 2.45) is 5.92 Å². The number of ether oxygens (including phenoxy) is 1. The molecule has 0 spiro atoms. The molecule has 0 bridgehead atoms. The van der Waals surface area contributed by atoms with E-state index in [9.17, 15) is 5.11 Å². The van der Waals surface area contributed by atoms with E-state index in [1.807, 2.05) is 13.0 Å². The van der Waals surface area contributed by atoms with Crippen molar-refractivity contribution < 1.29 is 9.84 Å². The predicted octanol–water partition coefficient (Wildman–Crippen LogP) is 3.48. The Balaban J connectivity index is 2.31. The highest BCUT2D eigenvalue weighted by atomic mass is 16.5. The summed E-state index contributed by atoms with van der Waals surface area (Å²) in [6.45, 7) is 8.24. The number of nitrogens with zero attached hydrogens (tertiary/aromatic N) is 3. The predicted molar refractivity (Wildman–Crippen MR) is 86.9 cm³/mol. The zero-order valence-corrected chi connectivity index (χ0v) is 13.2. The number of aromatic hydroxyl groups is 1. The van der Waals surface area contributed by atoms with E-state index in [1.165, 1.54) is 0 Å². The number of aromatic nitrogens is 3. The summed E-state index contributed by atoms with van der Waals surface area (Å²) in [6.07, 6.45) is 1.77. The molecule has 1 N–H and O–H groups in total. The van der Waals surface area contributed by atoms with Crippen LogP contribution in [0.3, 0.4) is 0 Å². The van der Waals surface area contributed by atoms with Gasteiger partial charge in [0.2, 0.25) is 0 Å². The number of hydrogen-bond acceptors (Lipinski definition) is 4. The number of benzene rings is 1. The van der Waals surface area contributed by atoms with Crippen molar-refractivity contribution in [2.45, 2.75) is 33.9 Å². The van der Waals surface area contributed by atoms with Crippen molar-refractivity contribution in [3.05, 3.63) is 30.2 Å². The largest absolute Gasteiger partial charge is 0.507 e. The van der Waals surface area contributed by atoms with Gasteiger partial charge in [-0.2, -0.15) is 0 Å². The molecule has 0 saturated carbocycles. The summed E-state index contributed by atoms with van der Waals surface area (Å²) < 4.78 is 7.70. The fourth-order valence-corrected chi connectivity index (χ4v) is 2.75. The monoisotopic (exact) mass is 299 g/mol. The van der Waals surface area contributed by atoms with Gasteiger partial charge in [-0.05, 0) is 25.0 Å². The molecular formula is C17H21N3O2. The number of pyridine rings is 1. The second kappa shape index (κ2) is 5.93. The third-order valence-electron chi connectivity index (χ3n) is 3.64. The summed E-state index contributed by atoms with van der Waals surface area (Å²) in [7, 11) is 0. The summed E-state index contributed by atoms with van der Waals surface area (Å²) in [4.78, 5) is 9.07. The zero-order valence-electron chi connectivity index (χ0n) is 13.2. The summed E-state index contributed by atoms with van der Waals surface area (Å²) in [5.41, 5.74) is 2.51. The van der Waals surface area contributed by atoms with E-state index in [4.69, 9.17) is 4.74 Å². The number of imidazole rings is 1. The lowest BCUT2D eigenvalue weighted by atomic mass is 10.1. The summed E-state index contributed by atoms with van der Waals surface area (Å²) in [5.74, 6) is 1.58. The maximum atomic E-state index is 10.3. The van der Waals surface area contributed by atoms with Crippen molar-refractivity contribution in [1.82, 2.24) is 14.5 Å². The molecule has 0 unspecified atom stereocenters. The summed E-state index contributed by atoms with van der Waals surface area (Å²) in [6, 6.07) is 5.41. The number of phenolic OH excluding ortho intramolecular Hbond substituents is 1. The quantitative estimate of drug-likeness (QED) is 0.783. The SMILES string of the molecule is CCOCc1nc2cnc3cccc(O)c3c2n1CC(C)C. The number of phenols is 1. The van der Waals surface area contributed by atoms with E-state index in [-0.39, 0.29) is 5.75 Å². The van der Waals surface area contributed by atoms with Crippen LogP contribution >= 0.6 is 0 Å². The number of hydrogen-bond donors (Lipinski definition) is 1. The Hall–Kier alpha value is -2.14. The van der Waals surface area contributed by atoms with Crippen LogP contribution in [-0.2, 0) is 17.9 Å². The standard InChI is InChI=1S/C17H21N3O2/c1-4-22-10-15-19-13-8-18-12-6-5-7-14(21)16(12)17(13)20(15)9-11(2)3/h5-8,11,21H,4,9-10H2,1-3H3. The van der Waals surface area contributed by atoms with Gasteiger partial charge in [-0.25, -0.2) is 4.98 Å². The second-order valence-corrected chi connectivity index (χ2v) is 5.83. The molecule has 0 radical (unpaired) electrons. The van der Waals surface area contributed by atoms with E-state index in [0.29, 0.717) is 19.1 Å². The topological polar surface area (TPSA) is 60.2 Å². The van der Waals surface area contributed by atoms with Crippen molar-refractivity contribution >= 4 is 21.9 Å². The Kier molecular flexibility index (Phi) is 3.98. The van der Waals surface area contributed by atoms with Gasteiger partial charge in [0.05, 0.1) is 22.6 Å². The highest BCUT2D eigenvalue weighted by Gasteiger charge is 2.17. The maximum Gasteiger partial charge on any atom is 0.136 e. The average Bonchev–Trinajstić information content (AvgIpc) is 2.82. The molecule has 0 fully saturated rings. The van der Waals surface area contributed by atoms with Gasteiger partial charge in [0.1, 0.15) is 23.7 Å². The summed E-state index contributed by atoms with van der Waals surface area (Å²) in [5, 5.41) is 11.1. The molecule has 3 rings (SSSR count). The van der Waals surface area contributed by atoms with Gasteiger partial charge < -0.3 is 14.4 Å². The molecule has 22 heavy (non-hydrogen) atoms. The van der Waals surface area contributed by atoms with Crippen LogP contribution in [0.4, 0.5) is 0 Å². The molecule has 0 atom stereocenters. The van der Waals surface area contributed by atoms with E-state index in [1.54, 1.807) is 18.3 Å². The highest BCUT2D eigenvalue weighted by Crippen LogP contribution is 2.32. The molecule has 0 aliphatic rings. The fourth-order valence-electron chi connectivity index (χ4n) is 2.75. The second-order valence-electron chi connectivity index (χ2n) is 5.83. The first-order chi connectivity index (χ1) is 10.6. The van der Waals surface area contributed by atoms with Crippen LogP contribution in [0.2, 0.25) is 0 Å². The molecule has 0 aliphatic carbocycles. The maximum absolute atomic E-state index is 10.3. The van der Waals surface area contributed by atoms with Crippen LogP contribution in [0, 0.1) is 5.92 Å². The van der Waals surface area contributed by atoms with E-state index in [0.717, 1.165) is 34.3 Å². The van der Waals surface area contributed by atoms with Gasteiger partial charge in [0, 0.05) is 13.2 Å². The van der Waals surface area contributed by atoms with Crippen molar-refractivity contribution in [3.8, 4) is 5.75 Å². The van der Waals surface area contributed by atoms with Crippen LogP contribution in [0.25, 0.3) is 21.9 Å². The first kappa shape index (κ1) is 14.8. The molecule has 2 heterocycles. The smallest absolute Gasteiger partial charge is 0.136 e. The highest BCUT2D eigenvalue weighted by molar-refractivity contribution is 6.05. The normalized spacial score (nSPS) is 11.8. The van der Waals surface area contributed by atoms with Gasteiger partial charge in [-0.3, -0.25) is 4.98 Å². The van der Waals surface area contributed by atoms with Crippen LogP contribution < -0.4 is 0 Å². The number of rotatable bonds is 5. The Morgan fingerprint density at radius 1 is 1.27 bits per heavy atom. The van der Waals surface area contributed by atoms with Crippen LogP contribution in [0.1, 0.15) is 26.6 Å². The van der Waals surface area contributed by atoms with Crippen LogP contribution in [0.15, 0.2) is 24.4 Å². The molecular weight excluding hydrogens is 278 g/mol. The van der Waals surface area contributed by atoms with Crippen LogP contribution in [0.5, 0.6) is 5.75 Å². The first-order valence-corrected chi connectivity index (χ1v) is 7.65. The molecule has 0 amide bonds. The lowest BCUT2D eigenvalue weighted by Gasteiger charge is -2.13. The van der Waals surface area contributed by atoms with Gasteiger partial charge >= 0.3 is 0 Å². The Morgan fingerprint density at radius 3 is 2.82 bits per heavy atom. The van der Waals surface area contributed by atoms with E-state index < -0.39 is 0 Å². The fraction of sp³-hybridized carbons (Fsp3) is 0.412. The molecule has 116 valence electrons. The lowest BCUT2D eigenvalue weighted by molar-refractivity contribution is 0.125. The Morgan fingerprint density at radius 2 is 2.09 bits per heavy atom.